The Bertz CT molecular complexity index is 180. The van der Waals surface area contributed by atoms with Gasteiger partial charge in [-0.25, -0.2) is 0 Å². The molecule has 13 heavy (non-hydrogen) atoms. The van der Waals surface area contributed by atoms with Crippen LogP contribution in [0.25, 0.3) is 0 Å². The van der Waals surface area contributed by atoms with E-state index in [0.717, 1.165) is 6.04 Å². The maximum absolute atomic E-state index is 10.9. The summed E-state index contributed by atoms with van der Waals surface area (Å²) in [6.45, 7) is 2.90. The Morgan fingerprint density at radius 1 is 1.69 bits per heavy atom. The predicted octanol–water partition coefficient (Wildman–Crippen LogP) is -0.456. The monoisotopic (exact) mass is 185 g/mol. The Kier molecular flexibility index (Phi) is 3.69. The summed E-state index contributed by atoms with van der Waals surface area (Å²) >= 11 is 0. The van der Waals surface area contributed by atoms with Gasteiger partial charge in [-0.2, -0.15) is 0 Å². The van der Waals surface area contributed by atoms with Crippen LogP contribution in [-0.2, 0) is 4.79 Å². The topological polar surface area (TPSA) is 58.4 Å². The minimum Gasteiger partial charge on any atom is -0.353 e. The molecule has 1 atom stereocenters. The van der Waals surface area contributed by atoms with Gasteiger partial charge in [0.1, 0.15) is 0 Å². The lowest BCUT2D eigenvalue weighted by Crippen LogP contribution is -2.42. The van der Waals surface area contributed by atoms with Crippen LogP contribution >= 0.6 is 0 Å². The Hall–Kier alpha value is -0.610. The molecule has 0 heterocycles. The van der Waals surface area contributed by atoms with Crippen LogP contribution in [0.2, 0.25) is 0 Å². The van der Waals surface area contributed by atoms with E-state index in [4.69, 9.17) is 5.73 Å². The lowest BCUT2D eigenvalue weighted by molar-refractivity contribution is -0.119. The lowest BCUT2D eigenvalue weighted by atomic mass is 10.3. The van der Waals surface area contributed by atoms with Crippen LogP contribution in [0.15, 0.2) is 0 Å². The van der Waals surface area contributed by atoms with E-state index < -0.39 is 0 Å². The molecule has 0 spiro atoms. The molecule has 1 unspecified atom stereocenters. The number of hydrogen-bond acceptors (Lipinski definition) is 3. The number of hydrogen-bond donors (Lipinski definition) is 2. The Balaban J connectivity index is 2.15. The van der Waals surface area contributed by atoms with E-state index in [-0.39, 0.29) is 12.5 Å². The summed E-state index contributed by atoms with van der Waals surface area (Å²) in [5.74, 6) is -0.0731. The fraction of sp³-hybridized carbons (Fsp3) is 0.889. The van der Waals surface area contributed by atoms with Gasteiger partial charge in [-0.3, -0.25) is 9.69 Å². The van der Waals surface area contributed by atoms with Gasteiger partial charge >= 0.3 is 0 Å². The standard InChI is InChI=1S/C9H19N3O/c1-7(6-11-9(13)5-10)12(2)8-3-4-8/h7-8H,3-6,10H2,1-2H3,(H,11,13). The van der Waals surface area contributed by atoms with Gasteiger partial charge in [0.15, 0.2) is 0 Å². The normalized spacial score (nSPS) is 18.8. The molecule has 1 aliphatic carbocycles. The summed E-state index contributed by atoms with van der Waals surface area (Å²) in [5.41, 5.74) is 5.18. The molecule has 0 saturated heterocycles. The highest BCUT2D eigenvalue weighted by Crippen LogP contribution is 2.26. The van der Waals surface area contributed by atoms with Crippen molar-refractivity contribution in [3.8, 4) is 0 Å². The second kappa shape index (κ2) is 4.58. The quantitative estimate of drug-likeness (QED) is 0.609. The third-order valence-corrected chi connectivity index (χ3v) is 2.60. The predicted molar refractivity (Wildman–Crippen MR) is 52.3 cm³/mol. The minimum atomic E-state index is -0.0731. The first-order valence-electron chi connectivity index (χ1n) is 4.84. The first-order valence-corrected chi connectivity index (χ1v) is 4.84. The molecule has 1 aliphatic rings. The van der Waals surface area contributed by atoms with Crippen LogP contribution in [-0.4, -0.2) is 43.0 Å². The molecule has 76 valence electrons. The Morgan fingerprint density at radius 3 is 2.77 bits per heavy atom. The minimum absolute atomic E-state index is 0.0731. The highest BCUT2D eigenvalue weighted by Gasteiger charge is 2.28. The van der Waals surface area contributed by atoms with Crippen LogP contribution in [0.4, 0.5) is 0 Å². The van der Waals surface area contributed by atoms with Crippen molar-refractivity contribution in [3.05, 3.63) is 0 Å². The summed E-state index contributed by atoms with van der Waals surface area (Å²) in [6, 6.07) is 1.15. The van der Waals surface area contributed by atoms with E-state index in [1.54, 1.807) is 0 Å². The molecule has 1 rings (SSSR count). The zero-order chi connectivity index (χ0) is 9.84. The fourth-order valence-electron chi connectivity index (χ4n) is 1.32. The van der Waals surface area contributed by atoms with E-state index in [9.17, 15) is 4.79 Å². The SMILES string of the molecule is CC(CNC(=O)CN)N(C)C1CC1. The van der Waals surface area contributed by atoms with Gasteiger partial charge in [-0.15, -0.1) is 0 Å². The molecular formula is C9H19N3O. The van der Waals surface area contributed by atoms with Crippen molar-refractivity contribution in [2.75, 3.05) is 20.1 Å². The summed E-state index contributed by atoms with van der Waals surface area (Å²) in [5, 5.41) is 2.79. The molecule has 1 fully saturated rings. The molecule has 0 aromatic carbocycles. The average Bonchev–Trinajstić information content (AvgIpc) is 2.95. The van der Waals surface area contributed by atoms with E-state index >= 15 is 0 Å². The number of rotatable bonds is 5. The maximum atomic E-state index is 10.9. The molecule has 0 radical (unpaired) electrons. The lowest BCUT2D eigenvalue weighted by Gasteiger charge is -2.24. The van der Waals surface area contributed by atoms with Crippen LogP contribution < -0.4 is 11.1 Å². The largest absolute Gasteiger partial charge is 0.353 e. The third kappa shape index (κ3) is 3.32. The molecule has 0 aliphatic heterocycles. The van der Waals surface area contributed by atoms with Gasteiger partial charge in [-0.05, 0) is 26.8 Å². The molecule has 1 amide bonds. The van der Waals surface area contributed by atoms with Gasteiger partial charge in [0, 0.05) is 18.6 Å². The van der Waals surface area contributed by atoms with Crippen molar-refractivity contribution >= 4 is 5.91 Å². The molecule has 0 aromatic rings. The van der Waals surface area contributed by atoms with Crippen molar-refractivity contribution in [2.45, 2.75) is 31.8 Å². The second-order valence-corrected chi connectivity index (χ2v) is 3.75. The fourth-order valence-corrected chi connectivity index (χ4v) is 1.32. The smallest absolute Gasteiger partial charge is 0.233 e. The van der Waals surface area contributed by atoms with Crippen molar-refractivity contribution in [1.82, 2.24) is 10.2 Å². The van der Waals surface area contributed by atoms with E-state index in [2.05, 4.69) is 24.2 Å². The molecule has 0 bridgehead atoms. The zero-order valence-corrected chi connectivity index (χ0v) is 8.42. The molecule has 4 nitrogen and oxygen atoms in total. The maximum Gasteiger partial charge on any atom is 0.233 e. The van der Waals surface area contributed by atoms with E-state index in [1.807, 2.05) is 0 Å². The number of carbonyl (C=O) groups is 1. The van der Waals surface area contributed by atoms with Crippen molar-refractivity contribution in [1.29, 1.82) is 0 Å². The first-order chi connectivity index (χ1) is 6.15. The molecule has 3 N–H and O–H groups in total. The van der Waals surface area contributed by atoms with Gasteiger partial charge in [0.25, 0.3) is 0 Å². The molecule has 4 heteroatoms. The van der Waals surface area contributed by atoms with Crippen molar-refractivity contribution in [2.24, 2.45) is 5.73 Å². The highest BCUT2D eigenvalue weighted by molar-refractivity contribution is 5.77. The third-order valence-electron chi connectivity index (χ3n) is 2.60. The molecule has 1 saturated carbocycles. The van der Waals surface area contributed by atoms with Gasteiger partial charge < -0.3 is 11.1 Å². The van der Waals surface area contributed by atoms with Crippen molar-refractivity contribution in [3.63, 3.8) is 0 Å². The highest BCUT2D eigenvalue weighted by atomic mass is 16.1. The summed E-state index contributed by atoms with van der Waals surface area (Å²) in [4.78, 5) is 13.2. The van der Waals surface area contributed by atoms with Gasteiger partial charge in [0.2, 0.25) is 5.91 Å². The zero-order valence-electron chi connectivity index (χ0n) is 8.42. The number of likely N-dealkylation sites (N-methyl/N-ethyl adjacent to an activating group) is 1. The number of amides is 1. The van der Waals surface area contributed by atoms with Gasteiger partial charge in [0.05, 0.1) is 6.54 Å². The molecular weight excluding hydrogens is 166 g/mol. The second-order valence-electron chi connectivity index (χ2n) is 3.75. The Morgan fingerprint density at radius 2 is 2.31 bits per heavy atom. The van der Waals surface area contributed by atoms with Crippen LogP contribution in [0.5, 0.6) is 0 Å². The van der Waals surface area contributed by atoms with Crippen LogP contribution in [0.3, 0.4) is 0 Å². The van der Waals surface area contributed by atoms with E-state index in [0.29, 0.717) is 12.6 Å². The molecule has 0 aromatic heterocycles. The summed E-state index contributed by atoms with van der Waals surface area (Å²) in [7, 11) is 2.11. The van der Waals surface area contributed by atoms with Gasteiger partial charge in [-0.1, -0.05) is 0 Å². The van der Waals surface area contributed by atoms with E-state index in [1.165, 1.54) is 12.8 Å². The summed E-state index contributed by atoms with van der Waals surface area (Å²) in [6.07, 6.45) is 2.59. The average molecular weight is 185 g/mol. The first kappa shape index (κ1) is 10.5. The van der Waals surface area contributed by atoms with Crippen LogP contribution in [0.1, 0.15) is 19.8 Å². The Labute approximate surface area is 79.5 Å². The number of carbonyl (C=O) groups excluding carboxylic acids is 1. The number of nitrogens with zero attached hydrogens (tertiary/aromatic N) is 1. The van der Waals surface area contributed by atoms with Crippen LogP contribution in [0, 0.1) is 0 Å². The number of nitrogens with two attached hydrogens (primary N) is 1. The summed E-state index contributed by atoms with van der Waals surface area (Å²) < 4.78 is 0. The van der Waals surface area contributed by atoms with Crippen molar-refractivity contribution < 1.29 is 4.79 Å². The number of nitrogens with one attached hydrogen (secondary N) is 1.